The van der Waals surface area contributed by atoms with Gasteiger partial charge in [0.05, 0.1) is 32.1 Å². The lowest BCUT2D eigenvalue weighted by Gasteiger charge is -2.43. The second kappa shape index (κ2) is 13.3. The molecule has 2 heterocycles. The highest BCUT2D eigenvalue weighted by molar-refractivity contribution is 5.61. The van der Waals surface area contributed by atoms with Crippen molar-refractivity contribution < 1.29 is 9.84 Å². The van der Waals surface area contributed by atoms with Crippen LogP contribution in [0.2, 0.25) is 0 Å². The molecule has 1 aromatic carbocycles. The lowest BCUT2D eigenvalue weighted by atomic mass is 10.1. The molecule has 1 saturated heterocycles. The van der Waals surface area contributed by atoms with Crippen molar-refractivity contribution in [3.63, 3.8) is 0 Å². The van der Waals surface area contributed by atoms with Crippen LogP contribution in [0.4, 0.5) is 0 Å². The van der Waals surface area contributed by atoms with E-state index in [9.17, 15) is 5.11 Å². The minimum absolute atomic E-state index is 0.124. The number of benzene rings is 1. The topological polar surface area (TPSA) is 48.3 Å². The molecule has 3 rings (SSSR count). The van der Waals surface area contributed by atoms with E-state index in [0.717, 1.165) is 31.8 Å². The molecule has 2 aliphatic heterocycles. The van der Waals surface area contributed by atoms with Crippen LogP contribution in [0.3, 0.4) is 0 Å². The predicted molar refractivity (Wildman–Crippen MR) is 119 cm³/mol. The number of nitrogens with zero attached hydrogens (tertiary/aromatic N) is 3. The highest BCUT2D eigenvalue weighted by Crippen LogP contribution is 2.24. The first-order valence-electron chi connectivity index (χ1n) is 10.6. The van der Waals surface area contributed by atoms with Gasteiger partial charge in [-0.25, -0.2) is 0 Å². The van der Waals surface area contributed by atoms with Gasteiger partial charge in [0.15, 0.2) is 0 Å². The number of piperazine rings is 1. The smallest absolute Gasteiger partial charge is 0.118 e. The SMILES string of the molecule is CC.CCC.CCC1C=C2CN(Cc3ccc(OC)cc3)C(CO)CN2C=N1. The fraction of sp³-hybridized carbons (Fsp3) is 0.609. The van der Waals surface area contributed by atoms with Crippen molar-refractivity contribution in [2.45, 2.75) is 66.1 Å². The van der Waals surface area contributed by atoms with E-state index in [1.54, 1.807) is 7.11 Å². The van der Waals surface area contributed by atoms with Crippen molar-refractivity contribution in [2.75, 3.05) is 26.8 Å². The summed E-state index contributed by atoms with van der Waals surface area (Å²) in [5.74, 6) is 0.870. The third kappa shape index (κ3) is 6.95. The van der Waals surface area contributed by atoms with Crippen LogP contribution in [-0.4, -0.2) is 60.1 Å². The molecule has 5 nitrogen and oxygen atoms in total. The second-order valence-electron chi connectivity index (χ2n) is 6.85. The highest BCUT2D eigenvalue weighted by Gasteiger charge is 2.30. The number of methoxy groups -OCH3 is 1. The van der Waals surface area contributed by atoms with E-state index in [2.05, 4.69) is 53.8 Å². The van der Waals surface area contributed by atoms with Crippen LogP contribution in [0.1, 0.15) is 53.0 Å². The maximum atomic E-state index is 9.76. The minimum Gasteiger partial charge on any atom is -0.497 e. The molecule has 0 saturated carbocycles. The standard InChI is InChI=1S/C18H25N3O2.C3H8.C2H6/c1-3-15-8-16-10-20(17(12-22)11-21(16)13-19-15)9-14-4-6-18(23-2)7-5-14;1-3-2;1-2/h4-8,13,15,17,22H,3,9-12H2,1-2H3;3H2,1-2H3;1-2H3. The molecule has 2 unspecified atom stereocenters. The van der Waals surface area contributed by atoms with Crippen molar-refractivity contribution in [3.8, 4) is 5.75 Å². The fourth-order valence-electron chi connectivity index (χ4n) is 3.14. The summed E-state index contributed by atoms with van der Waals surface area (Å²) in [6.07, 6.45) is 6.47. The summed E-state index contributed by atoms with van der Waals surface area (Å²) >= 11 is 0. The number of fused-ring (bicyclic) bond motifs is 1. The Kier molecular flexibility index (Phi) is 11.5. The lowest BCUT2D eigenvalue weighted by molar-refractivity contribution is 0.0818. The van der Waals surface area contributed by atoms with Crippen molar-refractivity contribution in [1.82, 2.24) is 9.80 Å². The van der Waals surface area contributed by atoms with Crippen LogP contribution >= 0.6 is 0 Å². The summed E-state index contributed by atoms with van der Waals surface area (Å²) < 4.78 is 5.21. The average Bonchev–Trinajstić information content (AvgIpc) is 2.75. The second-order valence-corrected chi connectivity index (χ2v) is 6.85. The van der Waals surface area contributed by atoms with Crippen molar-refractivity contribution >= 4 is 6.34 Å². The van der Waals surface area contributed by atoms with Gasteiger partial charge in [-0.05, 0) is 30.2 Å². The van der Waals surface area contributed by atoms with Gasteiger partial charge in [-0.2, -0.15) is 0 Å². The molecule has 5 heteroatoms. The van der Waals surface area contributed by atoms with E-state index in [1.807, 2.05) is 32.3 Å². The van der Waals surface area contributed by atoms with E-state index in [-0.39, 0.29) is 18.7 Å². The molecule has 0 radical (unpaired) electrons. The predicted octanol–water partition coefficient (Wildman–Crippen LogP) is 4.32. The Bertz CT molecular complexity index is 598. The van der Waals surface area contributed by atoms with Crippen LogP contribution in [0.25, 0.3) is 0 Å². The van der Waals surface area contributed by atoms with Gasteiger partial charge in [0.1, 0.15) is 5.75 Å². The van der Waals surface area contributed by atoms with Crippen molar-refractivity contribution in [1.29, 1.82) is 0 Å². The zero-order valence-electron chi connectivity index (χ0n) is 18.6. The van der Waals surface area contributed by atoms with Gasteiger partial charge < -0.3 is 14.7 Å². The summed E-state index contributed by atoms with van der Waals surface area (Å²) in [4.78, 5) is 9.06. The Morgan fingerprint density at radius 1 is 1.14 bits per heavy atom. The summed E-state index contributed by atoms with van der Waals surface area (Å²) in [6, 6.07) is 8.56. The molecule has 1 fully saturated rings. The maximum absolute atomic E-state index is 9.76. The van der Waals surface area contributed by atoms with Gasteiger partial charge in [0.2, 0.25) is 0 Å². The first-order valence-corrected chi connectivity index (χ1v) is 10.6. The van der Waals surface area contributed by atoms with Crippen LogP contribution in [0.5, 0.6) is 5.75 Å². The first kappa shape index (κ1) is 24.2. The molecule has 0 aromatic heterocycles. The molecule has 1 aromatic rings. The largest absolute Gasteiger partial charge is 0.497 e. The molecule has 2 aliphatic rings. The molecular weight excluding hydrogens is 350 g/mol. The molecule has 1 N–H and O–H groups in total. The zero-order chi connectivity index (χ0) is 20.9. The van der Waals surface area contributed by atoms with E-state index in [0.29, 0.717) is 0 Å². The molecule has 2 atom stereocenters. The van der Waals surface area contributed by atoms with E-state index in [4.69, 9.17) is 4.74 Å². The first-order chi connectivity index (χ1) is 13.6. The molecule has 158 valence electrons. The molecule has 0 spiro atoms. The normalized spacial score (nSPS) is 20.8. The lowest BCUT2D eigenvalue weighted by Crippen LogP contribution is -2.53. The van der Waals surface area contributed by atoms with Crippen LogP contribution in [-0.2, 0) is 6.54 Å². The van der Waals surface area contributed by atoms with Gasteiger partial charge in [-0.15, -0.1) is 0 Å². The van der Waals surface area contributed by atoms with Crippen molar-refractivity contribution in [2.24, 2.45) is 4.99 Å². The number of hydrogen-bond acceptors (Lipinski definition) is 5. The Hall–Kier alpha value is -1.85. The van der Waals surface area contributed by atoms with Crippen LogP contribution in [0, 0.1) is 0 Å². The average molecular weight is 390 g/mol. The fourth-order valence-corrected chi connectivity index (χ4v) is 3.14. The van der Waals surface area contributed by atoms with Crippen molar-refractivity contribution in [3.05, 3.63) is 41.6 Å². The molecule has 28 heavy (non-hydrogen) atoms. The molecule has 0 amide bonds. The van der Waals surface area contributed by atoms with Gasteiger partial charge in [0.25, 0.3) is 0 Å². The summed E-state index contributed by atoms with van der Waals surface area (Å²) in [5.41, 5.74) is 2.53. The van der Waals surface area contributed by atoms with Gasteiger partial charge in [0, 0.05) is 25.3 Å². The van der Waals surface area contributed by atoms with E-state index >= 15 is 0 Å². The van der Waals surface area contributed by atoms with Crippen LogP contribution in [0.15, 0.2) is 41.0 Å². The summed E-state index contributed by atoms with van der Waals surface area (Å²) in [7, 11) is 1.68. The Labute approximate surface area is 171 Å². The molecule has 0 bridgehead atoms. The zero-order valence-corrected chi connectivity index (χ0v) is 18.6. The quantitative estimate of drug-likeness (QED) is 0.815. The Balaban J connectivity index is 0.000000717. The number of aliphatic hydroxyl groups excluding tert-OH is 1. The number of hydrogen-bond donors (Lipinski definition) is 1. The van der Waals surface area contributed by atoms with Gasteiger partial charge in [-0.1, -0.05) is 53.2 Å². The minimum atomic E-state index is 0.124. The van der Waals surface area contributed by atoms with E-state index < -0.39 is 0 Å². The van der Waals surface area contributed by atoms with Gasteiger partial charge >= 0.3 is 0 Å². The maximum Gasteiger partial charge on any atom is 0.118 e. The van der Waals surface area contributed by atoms with Crippen LogP contribution < -0.4 is 4.74 Å². The number of rotatable bonds is 5. The Morgan fingerprint density at radius 2 is 1.79 bits per heavy atom. The summed E-state index contributed by atoms with van der Waals surface area (Å²) in [5, 5.41) is 9.76. The summed E-state index contributed by atoms with van der Waals surface area (Å²) in [6.45, 7) is 13.0. The molecule has 0 aliphatic carbocycles. The monoisotopic (exact) mass is 389 g/mol. The highest BCUT2D eigenvalue weighted by atomic mass is 16.5. The third-order valence-electron chi connectivity index (χ3n) is 4.61. The number of ether oxygens (including phenoxy) is 1. The number of aliphatic imine (C=N–C) groups is 1. The van der Waals surface area contributed by atoms with Gasteiger partial charge in [-0.3, -0.25) is 9.89 Å². The Morgan fingerprint density at radius 3 is 2.32 bits per heavy atom. The molecular formula is C23H39N3O2. The number of aliphatic hydroxyl groups is 1. The third-order valence-corrected chi connectivity index (χ3v) is 4.61. The van der Waals surface area contributed by atoms with E-state index in [1.165, 1.54) is 17.7 Å².